The van der Waals surface area contributed by atoms with Gasteiger partial charge in [0, 0.05) is 18.3 Å². The second-order valence-electron chi connectivity index (χ2n) is 8.27. The van der Waals surface area contributed by atoms with E-state index in [1.807, 2.05) is 66.0 Å². The Morgan fingerprint density at radius 3 is 2.36 bits per heavy atom. The lowest BCUT2D eigenvalue weighted by Crippen LogP contribution is -2.23. The molecule has 0 fully saturated rings. The number of hydrogen-bond donors (Lipinski definition) is 1. The summed E-state index contributed by atoms with van der Waals surface area (Å²) in [4.78, 5) is 17.1. The zero-order chi connectivity index (χ0) is 24.7. The molecule has 0 aliphatic rings. The molecule has 0 aliphatic heterocycles. The van der Waals surface area contributed by atoms with Gasteiger partial charge in [-0.15, -0.1) is 21.5 Å². The Hall–Kier alpha value is -3.75. The maximum atomic E-state index is 12.6. The van der Waals surface area contributed by atoms with Crippen LogP contribution in [0.3, 0.4) is 0 Å². The molecule has 0 radical (unpaired) electrons. The molecular formula is C28H25N5OS2. The number of amides is 1. The number of rotatable bonds is 9. The molecule has 2 heterocycles. The van der Waals surface area contributed by atoms with Gasteiger partial charge in [0.15, 0.2) is 5.16 Å². The lowest BCUT2D eigenvalue weighted by atomic mass is 10.1. The molecule has 0 saturated heterocycles. The van der Waals surface area contributed by atoms with Crippen LogP contribution in [0.25, 0.3) is 5.69 Å². The average Bonchev–Trinajstić information content (AvgIpc) is 3.55. The Kier molecular flexibility index (Phi) is 7.54. The van der Waals surface area contributed by atoms with Crippen LogP contribution in [0.4, 0.5) is 0 Å². The number of nitrogens with one attached hydrogen (secondary N) is 1. The van der Waals surface area contributed by atoms with Crippen LogP contribution in [0.5, 0.6) is 0 Å². The highest BCUT2D eigenvalue weighted by Crippen LogP contribution is 2.28. The van der Waals surface area contributed by atoms with E-state index < -0.39 is 0 Å². The number of hydrogen-bond acceptors (Lipinski definition) is 6. The van der Waals surface area contributed by atoms with Gasteiger partial charge in [0.2, 0.25) is 0 Å². The summed E-state index contributed by atoms with van der Waals surface area (Å²) in [5.74, 6) is 1.32. The fourth-order valence-electron chi connectivity index (χ4n) is 3.82. The van der Waals surface area contributed by atoms with E-state index in [-0.39, 0.29) is 5.91 Å². The summed E-state index contributed by atoms with van der Waals surface area (Å²) in [5.41, 5.74) is 4.90. The van der Waals surface area contributed by atoms with Crippen molar-refractivity contribution in [3.63, 3.8) is 0 Å². The predicted molar refractivity (Wildman–Crippen MR) is 145 cm³/mol. The van der Waals surface area contributed by atoms with Gasteiger partial charge in [-0.25, -0.2) is 4.98 Å². The number of benzene rings is 3. The summed E-state index contributed by atoms with van der Waals surface area (Å²) in [6.07, 6.45) is 0.686. The third kappa shape index (κ3) is 5.72. The molecule has 1 N–H and O–H groups in total. The molecule has 6 nitrogen and oxygen atoms in total. The van der Waals surface area contributed by atoms with E-state index in [0.717, 1.165) is 32.8 Å². The van der Waals surface area contributed by atoms with Crippen LogP contribution < -0.4 is 5.32 Å². The van der Waals surface area contributed by atoms with Gasteiger partial charge in [-0.3, -0.25) is 9.36 Å². The van der Waals surface area contributed by atoms with Crippen molar-refractivity contribution in [3.05, 3.63) is 124 Å². The Bertz CT molecular complexity index is 1450. The average molecular weight is 512 g/mol. The molecule has 0 spiro atoms. The van der Waals surface area contributed by atoms with E-state index in [0.29, 0.717) is 24.4 Å². The molecule has 0 unspecified atom stereocenters. The first-order chi connectivity index (χ1) is 17.7. The van der Waals surface area contributed by atoms with Crippen LogP contribution >= 0.6 is 23.1 Å². The lowest BCUT2D eigenvalue weighted by Gasteiger charge is -2.12. The zero-order valence-corrected chi connectivity index (χ0v) is 21.4. The Balaban J connectivity index is 1.31. The zero-order valence-electron chi connectivity index (χ0n) is 19.8. The molecule has 2 aromatic heterocycles. The van der Waals surface area contributed by atoms with Gasteiger partial charge in [0.1, 0.15) is 16.5 Å². The minimum atomic E-state index is -0.167. The van der Waals surface area contributed by atoms with E-state index in [1.165, 1.54) is 16.9 Å². The van der Waals surface area contributed by atoms with Gasteiger partial charge in [-0.05, 0) is 29.7 Å². The van der Waals surface area contributed by atoms with E-state index in [1.54, 1.807) is 11.8 Å². The van der Waals surface area contributed by atoms with E-state index in [9.17, 15) is 4.79 Å². The van der Waals surface area contributed by atoms with Crippen molar-refractivity contribution >= 4 is 29.0 Å². The van der Waals surface area contributed by atoms with E-state index >= 15 is 0 Å². The summed E-state index contributed by atoms with van der Waals surface area (Å²) in [6, 6.07) is 28.4. The normalized spacial score (nSPS) is 10.9. The van der Waals surface area contributed by atoms with Crippen molar-refractivity contribution in [2.45, 2.75) is 30.8 Å². The highest BCUT2D eigenvalue weighted by molar-refractivity contribution is 7.98. The van der Waals surface area contributed by atoms with E-state index in [2.05, 4.69) is 56.3 Å². The third-order valence-corrected chi connectivity index (χ3v) is 7.64. The van der Waals surface area contributed by atoms with Gasteiger partial charge in [0.05, 0.1) is 11.4 Å². The van der Waals surface area contributed by atoms with Crippen molar-refractivity contribution in [1.82, 2.24) is 25.1 Å². The van der Waals surface area contributed by atoms with Gasteiger partial charge in [-0.1, -0.05) is 90.6 Å². The minimum absolute atomic E-state index is 0.167. The molecule has 0 bridgehead atoms. The van der Waals surface area contributed by atoms with Gasteiger partial charge < -0.3 is 5.32 Å². The van der Waals surface area contributed by atoms with E-state index in [4.69, 9.17) is 0 Å². The highest BCUT2D eigenvalue weighted by atomic mass is 32.2. The number of para-hydroxylation sites is 1. The Morgan fingerprint density at radius 2 is 1.61 bits per heavy atom. The molecule has 0 saturated carbocycles. The third-order valence-electron chi connectivity index (χ3n) is 5.67. The number of aromatic nitrogens is 4. The monoisotopic (exact) mass is 511 g/mol. The van der Waals surface area contributed by atoms with Gasteiger partial charge in [-0.2, -0.15) is 0 Å². The van der Waals surface area contributed by atoms with Crippen molar-refractivity contribution in [1.29, 1.82) is 0 Å². The van der Waals surface area contributed by atoms with Crippen molar-refractivity contribution < 1.29 is 4.79 Å². The summed E-state index contributed by atoms with van der Waals surface area (Å²) >= 11 is 3.06. The fraction of sp³-hybridized carbons (Fsp3) is 0.143. The molecule has 0 atom stereocenters. The molecule has 5 rings (SSSR count). The SMILES string of the molecule is Cc1ccccc1-n1c(Cc2ccccc2)nnc1SCc1nc(C(=O)NCc2ccccc2)cs1. The summed E-state index contributed by atoms with van der Waals surface area (Å²) in [7, 11) is 0. The number of carbonyl (C=O) groups excluding carboxylic acids is 1. The largest absolute Gasteiger partial charge is 0.347 e. The maximum absolute atomic E-state index is 12.6. The van der Waals surface area contributed by atoms with Crippen molar-refractivity contribution in [3.8, 4) is 5.69 Å². The first kappa shape index (κ1) is 24.0. The molecule has 36 heavy (non-hydrogen) atoms. The predicted octanol–water partition coefficient (Wildman–Crippen LogP) is 5.85. The topological polar surface area (TPSA) is 72.7 Å². The minimum Gasteiger partial charge on any atom is -0.347 e. The molecule has 3 aromatic carbocycles. The summed E-state index contributed by atoms with van der Waals surface area (Å²) < 4.78 is 2.13. The summed E-state index contributed by atoms with van der Waals surface area (Å²) in [6.45, 7) is 2.57. The van der Waals surface area contributed by atoms with Crippen LogP contribution in [0.2, 0.25) is 0 Å². The van der Waals surface area contributed by atoms with Crippen LogP contribution in [0, 0.1) is 6.92 Å². The number of aryl methyl sites for hydroxylation is 1. The number of thioether (sulfide) groups is 1. The second kappa shape index (κ2) is 11.3. The summed E-state index contributed by atoms with van der Waals surface area (Å²) in [5, 5.41) is 15.5. The molecule has 180 valence electrons. The lowest BCUT2D eigenvalue weighted by molar-refractivity contribution is 0.0946. The van der Waals surface area contributed by atoms with Gasteiger partial charge in [0.25, 0.3) is 5.91 Å². The standard InChI is InChI=1S/C28H25N5OS2/c1-20-10-8-9-15-24(20)33-25(16-21-11-4-2-5-12-21)31-32-28(33)36-19-26-30-23(18-35-26)27(34)29-17-22-13-6-3-7-14-22/h2-15,18H,16-17,19H2,1H3,(H,29,34). The molecule has 0 aliphatic carbocycles. The van der Waals surface area contributed by atoms with Gasteiger partial charge >= 0.3 is 0 Å². The molecule has 1 amide bonds. The van der Waals surface area contributed by atoms with Crippen molar-refractivity contribution in [2.24, 2.45) is 0 Å². The van der Waals surface area contributed by atoms with Crippen LogP contribution in [-0.4, -0.2) is 25.7 Å². The molecule has 8 heteroatoms. The van der Waals surface area contributed by atoms with Crippen molar-refractivity contribution in [2.75, 3.05) is 0 Å². The number of carbonyl (C=O) groups is 1. The van der Waals surface area contributed by atoms with Crippen LogP contribution in [-0.2, 0) is 18.7 Å². The quantitative estimate of drug-likeness (QED) is 0.252. The molecule has 5 aromatic rings. The first-order valence-electron chi connectivity index (χ1n) is 11.6. The number of nitrogens with zero attached hydrogens (tertiary/aromatic N) is 4. The fourth-order valence-corrected chi connectivity index (χ4v) is 5.58. The first-order valence-corrected chi connectivity index (χ1v) is 13.5. The van der Waals surface area contributed by atoms with Crippen LogP contribution in [0.15, 0.2) is 95.5 Å². The Labute approximate surface area is 218 Å². The maximum Gasteiger partial charge on any atom is 0.271 e. The van der Waals surface area contributed by atoms with Crippen LogP contribution in [0.1, 0.15) is 38.0 Å². The Morgan fingerprint density at radius 1 is 0.917 bits per heavy atom. The number of thiazole rings is 1. The molecular weight excluding hydrogens is 486 g/mol. The highest BCUT2D eigenvalue weighted by Gasteiger charge is 2.18. The smallest absolute Gasteiger partial charge is 0.271 e. The second-order valence-corrected chi connectivity index (χ2v) is 10.2.